The lowest BCUT2D eigenvalue weighted by Gasteiger charge is -2.38. The monoisotopic (exact) mass is 355 g/mol. The molecule has 1 aromatic carbocycles. The number of carbonyl (C=O) groups is 1. The van der Waals surface area contributed by atoms with Crippen LogP contribution in [-0.2, 0) is 11.3 Å². The number of aliphatic hydroxyl groups excluding tert-OH is 1. The number of hydrogen-bond acceptors (Lipinski definition) is 5. The Kier molecular flexibility index (Phi) is 4.50. The lowest BCUT2D eigenvalue weighted by molar-refractivity contribution is -0.138. The van der Waals surface area contributed by atoms with Crippen LogP contribution < -0.4 is 5.32 Å². The van der Waals surface area contributed by atoms with Crippen molar-refractivity contribution in [2.75, 3.05) is 13.1 Å². The highest BCUT2D eigenvalue weighted by Crippen LogP contribution is 2.33. The van der Waals surface area contributed by atoms with Crippen molar-refractivity contribution in [2.45, 2.75) is 45.0 Å². The highest BCUT2D eigenvalue weighted by molar-refractivity contribution is 5.83. The van der Waals surface area contributed by atoms with Gasteiger partial charge in [0.2, 0.25) is 5.91 Å². The summed E-state index contributed by atoms with van der Waals surface area (Å²) < 4.78 is 1.94. The third-order valence-electron chi connectivity index (χ3n) is 5.21. The molecule has 7 nitrogen and oxygen atoms in total. The minimum Gasteiger partial charge on any atom is -0.392 e. The summed E-state index contributed by atoms with van der Waals surface area (Å²) in [4.78, 5) is 19.7. The molecular formula is C19H25N5O2. The van der Waals surface area contributed by atoms with Gasteiger partial charge in [-0.05, 0) is 12.3 Å². The van der Waals surface area contributed by atoms with Crippen LogP contribution in [0.4, 0.5) is 0 Å². The molecule has 1 aromatic heterocycles. The van der Waals surface area contributed by atoms with E-state index in [1.807, 2.05) is 39.9 Å². The predicted molar refractivity (Wildman–Crippen MR) is 97.2 cm³/mol. The SMILES string of the molecule is CC(C)[C@H]1c2nc(-c3ccccc3)nn2CCN1C(=O)[C@@H]1C[C@@H](O)CN1. The highest BCUT2D eigenvalue weighted by atomic mass is 16.3. The van der Waals surface area contributed by atoms with E-state index in [0.717, 1.165) is 11.4 Å². The van der Waals surface area contributed by atoms with E-state index in [1.54, 1.807) is 0 Å². The van der Waals surface area contributed by atoms with Crippen LogP contribution in [0, 0.1) is 5.92 Å². The Labute approximate surface area is 153 Å². The first-order valence-electron chi connectivity index (χ1n) is 9.26. The Hall–Kier alpha value is -2.25. The molecule has 0 unspecified atom stereocenters. The van der Waals surface area contributed by atoms with E-state index in [1.165, 1.54) is 0 Å². The third kappa shape index (κ3) is 3.01. The lowest BCUT2D eigenvalue weighted by Crippen LogP contribution is -2.50. The fraction of sp³-hybridized carbons (Fsp3) is 0.526. The van der Waals surface area contributed by atoms with Crippen LogP contribution in [0.25, 0.3) is 11.4 Å². The second-order valence-electron chi connectivity index (χ2n) is 7.45. The highest BCUT2D eigenvalue weighted by Gasteiger charge is 2.40. The number of aliphatic hydroxyl groups is 1. The maximum atomic E-state index is 13.0. The van der Waals surface area contributed by atoms with Crippen LogP contribution >= 0.6 is 0 Å². The van der Waals surface area contributed by atoms with E-state index >= 15 is 0 Å². The maximum absolute atomic E-state index is 13.0. The summed E-state index contributed by atoms with van der Waals surface area (Å²) in [5.41, 5.74) is 0.982. The minimum absolute atomic E-state index is 0.0516. The van der Waals surface area contributed by atoms with Crippen molar-refractivity contribution < 1.29 is 9.90 Å². The van der Waals surface area contributed by atoms with Gasteiger partial charge in [0.25, 0.3) is 0 Å². The Morgan fingerprint density at radius 1 is 1.27 bits per heavy atom. The van der Waals surface area contributed by atoms with Gasteiger partial charge in [0, 0.05) is 18.7 Å². The van der Waals surface area contributed by atoms with E-state index in [-0.39, 0.29) is 23.9 Å². The summed E-state index contributed by atoms with van der Waals surface area (Å²) >= 11 is 0. The summed E-state index contributed by atoms with van der Waals surface area (Å²) in [6.45, 7) is 5.94. The molecule has 0 saturated carbocycles. The maximum Gasteiger partial charge on any atom is 0.240 e. The molecule has 1 amide bonds. The molecule has 26 heavy (non-hydrogen) atoms. The van der Waals surface area contributed by atoms with Crippen LogP contribution in [0.3, 0.4) is 0 Å². The van der Waals surface area contributed by atoms with Gasteiger partial charge >= 0.3 is 0 Å². The second kappa shape index (κ2) is 6.81. The van der Waals surface area contributed by atoms with Crippen molar-refractivity contribution in [1.82, 2.24) is 25.0 Å². The Bertz CT molecular complexity index is 788. The number of aromatic nitrogens is 3. The first-order valence-corrected chi connectivity index (χ1v) is 9.26. The van der Waals surface area contributed by atoms with Crippen LogP contribution in [0.1, 0.15) is 32.1 Å². The minimum atomic E-state index is -0.445. The number of nitrogens with one attached hydrogen (secondary N) is 1. The van der Waals surface area contributed by atoms with Crippen LogP contribution in [0.2, 0.25) is 0 Å². The number of benzene rings is 1. The first-order chi connectivity index (χ1) is 12.5. The van der Waals surface area contributed by atoms with E-state index in [9.17, 15) is 9.90 Å². The quantitative estimate of drug-likeness (QED) is 0.865. The standard InChI is InChI=1S/C19H25N5O2/c1-12(2)16-18-21-17(13-6-4-3-5-7-13)22-24(18)9-8-23(16)19(26)15-10-14(25)11-20-15/h3-7,12,14-16,20,25H,8-11H2,1-2H3/t14-,15+,16+/m1/s1. The summed E-state index contributed by atoms with van der Waals surface area (Å²) in [6, 6.07) is 9.50. The molecule has 3 heterocycles. The smallest absolute Gasteiger partial charge is 0.240 e. The zero-order valence-corrected chi connectivity index (χ0v) is 15.2. The zero-order chi connectivity index (χ0) is 18.3. The molecule has 0 aliphatic carbocycles. The van der Waals surface area contributed by atoms with Crippen molar-refractivity contribution in [2.24, 2.45) is 5.92 Å². The number of hydrogen-bond donors (Lipinski definition) is 2. The fourth-order valence-corrected chi connectivity index (χ4v) is 3.94. The Balaban J connectivity index is 1.65. The number of nitrogens with zero attached hydrogens (tertiary/aromatic N) is 4. The van der Waals surface area contributed by atoms with Crippen molar-refractivity contribution >= 4 is 5.91 Å². The molecule has 1 fully saturated rings. The normalized spacial score (nSPS) is 25.5. The van der Waals surface area contributed by atoms with Gasteiger partial charge in [-0.25, -0.2) is 9.67 Å². The number of fused-ring (bicyclic) bond motifs is 1. The molecule has 1 saturated heterocycles. The topological polar surface area (TPSA) is 83.3 Å². The molecule has 2 N–H and O–H groups in total. The van der Waals surface area contributed by atoms with Gasteiger partial charge < -0.3 is 15.3 Å². The molecule has 2 aromatic rings. The summed E-state index contributed by atoms with van der Waals surface area (Å²) in [7, 11) is 0. The molecule has 138 valence electrons. The number of rotatable bonds is 3. The molecule has 7 heteroatoms. The lowest BCUT2D eigenvalue weighted by atomic mass is 9.98. The van der Waals surface area contributed by atoms with E-state index < -0.39 is 6.10 Å². The van der Waals surface area contributed by atoms with Gasteiger partial charge in [-0.15, -0.1) is 0 Å². The second-order valence-corrected chi connectivity index (χ2v) is 7.45. The molecule has 0 radical (unpaired) electrons. The molecule has 0 spiro atoms. The third-order valence-corrected chi connectivity index (χ3v) is 5.21. The average Bonchev–Trinajstić information content (AvgIpc) is 3.27. The van der Waals surface area contributed by atoms with Crippen LogP contribution in [-0.4, -0.2) is 55.9 Å². The predicted octanol–water partition coefficient (Wildman–Crippen LogP) is 1.21. The average molecular weight is 355 g/mol. The summed E-state index contributed by atoms with van der Waals surface area (Å²) in [5.74, 6) is 1.82. The first kappa shape index (κ1) is 17.2. The molecule has 3 atom stereocenters. The Morgan fingerprint density at radius 3 is 2.69 bits per heavy atom. The van der Waals surface area contributed by atoms with Gasteiger partial charge in [-0.3, -0.25) is 4.79 Å². The molecule has 0 bridgehead atoms. The molecule has 2 aliphatic heterocycles. The van der Waals surface area contributed by atoms with Gasteiger partial charge in [-0.1, -0.05) is 44.2 Å². The van der Waals surface area contributed by atoms with Gasteiger partial charge in [0.1, 0.15) is 0 Å². The van der Waals surface area contributed by atoms with E-state index in [4.69, 9.17) is 4.98 Å². The Morgan fingerprint density at radius 2 is 2.04 bits per heavy atom. The largest absolute Gasteiger partial charge is 0.392 e. The van der Waals surface area contributed by atoms with Crippen LogP contribution in [0.5, 0.6) is 0 Å². The molecular weight excluding hydrogens is 330 g/mol. The fourth-order valence-electron chi connectivity index (χ4n) is 3.94. The summed E-state index contributed by atoms with van der Waals surface area (Å²) in [6.07, 6.45) is 0.0295. The van der Waals surface area contributed by atoms with Gasteiger partial charge in [0.15, 0.2) is 11.6 Å². The number of carbonyl (C=O) groups excluding carboxylic acids is 1. The van der Waals surface area contributed by atoms with Crippen LogP contribution in [0.15, 0.2) is 30.3 Å². The zero-order valence-electron chi connectivity index (χ0n) is 15.2. The number of amides is 1. The molecule has 2 aliphatic rings. The van der Waals surface area contributed by atoms with Crippen molar-refractivity contribution in [1.29, 1.82) is 0 Å². The van der Waals surface area contributed by atoms with E-state index in [2.05, 4.69) is 24.3 Å². The molecule has 4 rings (SSSR count). The van der Waals surface area contributed by atoms with E-state index in [0.29, 0.717) is 31.9 Å². The van der Waals surface area contributed by atoms with Gasteiger partial charge in [0.05, 0.1) is 24.7 Å². The van der Waals surface area contributed by atoms with Gasteiger partial charge in [-0.2, -0.15) is 5.10 Å². The van der Waals surface area contributed by atoms with Crippen molar-refractivity contribution in [3.63, 3.8) is 0 Å². The van der Waals surface area contributed by atoms with Crippen molar-refractivity contribution in [3.05, 3.63) is 36.2 Å². The van der Waals surface area contributed by atoms with Crippen molar-refractivity contribution in [3.8, 4) is 11.4 Å². The summed E-state index contributed by atoms with van der Waals surface area (Å²) in [5, 5.41) is 17.6. The number of β-amino-alcohol motifs (C(OH)–C–C–N with tert-alkyl or cyclic N) is 1.